The van der Waals surface area contributed by atoms with E-state index in [1.165, 1.54) is 11.9 Å². The molecule has 1 aliphatic rings. The Morgan fingerprint density at radius 3 is 2.57 bits per heavy atom. The Morgan fingerprint density at radius 2 is 1.90 bits per heavy atom. The largest absolute Gasteiger partial charge is 0.508 e. The molecule has 0 spiro atoms. The summed E-state index contributed by atoms with van der Waals surface area (Å²) in [6.45, 7) is 2.43. The van der Waals surface area contributed by atoms with Crippen molar-refractivity contribution >= 4 is 41.0 Å². The zero-order valence-corrected chi connectivity index (χ0v) is 12.9. The lowest BCUT2D eigenvalue weighted by Gasteiger charge is -2.35. The number of hydrogen-bond donors (Lipinski definition) is 1. The number of phenolic OH excluding ortho intramolecular Hbond substituents is 1. The lowest BCUT2D eigenvalue weighted by atomic mass is 10.2. The van der Waals surface area contributed by atoms with Crippen LogP contribution in [0.4, 0.5) is 16.2 Å². The van der Waals surface area contributed by atoms with Crippen molar-refractivity contribution in [3.63, 3.8) is 0 Å². The summed E-state index contributed by atoms with van der Waals surface area (Å²) in [6.07, 6.45) is 0. The van der Waals surface area contributed by atoms with Crippen molar-refractivity contribution in [2.75, 3.05) is 15.7 Å². The van der Waals surface area contributed by atoms with E-state index in [-0.39, 0.29) is 11.8 Å². The van der Waals surface area contributed by atoms with E-state index in [4.69, 9.17) is 11.6 Å². The maximum Gasteiger partial charge on any atom is 0.339 e. The number of benzene rings is 2. The van der Waals surface area contributed by atoms with Gasteiger partial charge in [-0.2, -0.15) is 0 Å². The van der Waals surface area contributed by atoms with Crippen LogP contribution in [0.1, 0.15) is 6.92 Å². The van der Waals surface area contributed by atoms with Gasteiger partial charge in [-0.3, -0.25) is 4.90 Å². The number of halogens is 1. The number of amides is 2. The molecule has 2 amide bonds. The molecule has 108 valence electrons. The van der Waals surface area contributed by atoms with E-state index < -0.39 is 0 Å². The number of aromatic hydroxyl groups is 1. The topological polar surface area (TPSA) is 43.8 Å². The average molecular weight is 321 g/mol. The van der Waals surface area contributed by atoms with Crippen molar-refractivity contribution in [1.82, 2.24) is 0 Å². The zero-order valence-electron chi connectivity index (χ0n) is 11.3. The molecule has 0 atom stereocenters. The van der Waals surface area contributed by atoms with Gasteiger partial charge >= 0.3 is 6.03 Å². The molecule has 1 aliphatic heterocycles. The lowest BCUT2D eigenvalue weighted by Crippen LogP contribution is -2.43. The number of hydrogen-bond acceptors (Lipinski definition) is 3. The standard InChI is InChI=1S/C15H13ClN2O2S/c1-2-17-13-9-12(19)7-8-14(13)21-18(15(17)20)11-5-3-10(16)4-6-11/h3-9,19H,2H2,1H3. The van der Waals surface area contributed by atoms with Crippen LogP contribution >= 0.6 is 23.5 Å². The number of carbonyl (C=O) groups excluding carboxylic acids is 1. The summed E-state index contributed by atoms with van der Waals surface area (Å²) in [5, 5.41) is 10.3. The second kappa shape index (κ2) is 5.50. The number of rotatable bonds is 2. The Bertz CT molecular complexity index is 691. The van der Waals surface area contributed by atoms with Crippen LogP contribution in [0.5, 0.6) is 5.75 Å². The zero-order chi connectivity index (χ0) is 15.0. The molecule has 4 nitrogen and oxygen atoms in total. The van der Waals surface area contributed by atoms with Crippen molar-refractivity contribution in [3.05, 3.63) is 47.5 Å². The Hall–Kier alpha value is -1.85. The predicted molar refractivity (Wildman–Crippen MR) is 86.3 cm³/mol. The van der Waals surface area contributed by atoms with E-state index in [0.717, 1.165) is 16.3 Å². The monoisotopic (exact) mass is 320 g/mol. The summed E-state index contributed by atoms with van der Waals surface area (Å²) in [4.78, 5) is 15.2. The van der Waals surface area contributed by atoms with Gasteiger partial charge in [-0.05, 0) is 55.3 Å². The third-order valence-electron chi connectivity index (χ3n) is 3.20. The summed E-state index contributed by atoms with van der Waals surface area (Å²) < 4.78 is 1.62. The SMILES string of the molecule is CCN1C(=O)N(c2ccc(Cl)cc2)Sc2ccc(O)cc21. The van der Waals surface area contributed by atoms with Crippen molar-refractivity contribution in [1.29, 1.82) is 0 Å². The molecule has 0 aromatic heterocycles. The molecule has 1 heterocycles. The highest BCUT2D eigenvalue weighted by Gasteiger charge is 2.31. The highest BCUT2D eigenvalue weighted by molar-refractivity contribution is 8.01. The number of phenols is 1. The number of anilines is 2. The minimum Gasteiger partial charge on any atom is -0.508 e. The van der Waals surface area contributed by atoms with Crippen LogP contribution in [0.2, 0.25) is 5.02 Å². The maximum absolute atomic E-state index is 12.6. The molecule has 0 bridgehead atoms. The number of urea groups is 1. The Morgan fingerprint density at radius 1 is 1.19 bits per heavy atom. The van der Waals surface area contributed by atoms with E-state index in [1.807, 2.05) is 25.1 Å². The van der Waals surface area contributed by atoms with Crippen LogP contribution in [0, 0.1) is 0 Å². The van der Waals surface area contributed by atoms with Gasteiger partial charge in [0.1, 0.15) is 5.75 Å². The molecular weight excluding hydrogens is 308 g/mol. The smallest absolute Gasteiger partial charge is 0.339 e. The van der Waals surface area contributed by atoms with Gasteiger partial charge in [0.25, 0.3) is 0 Å². The second-order valence-corrected chi connectivity index (χ2v) is 5.96. The van der Waals surface area contributed by atoms with E-state index >= 15 is 0 Å². The lowest BCUT2D eigenvalue weighted by molar-refractivity contribution is 0.254. The summed E-state index contributed by atoms with van der Waals surface area (Å²) in [6, 6.07) is 12.0. The molecule has 2 aromatic rings. The third-order valence-corrected chi connectivity index (χ3v) is 4.55. The van der Waals surface area contributed by atoms with Crippen molar-refractivity contribution in [2.24, 2.45) is 0 Å². The molecule has 21 heavy (non-hydrogen) atoms. The van der Waals surface area contributed by atoms with Gasteiger partial charge in [0, 0.05) is 17.6 Å². The fourth-order valence-corrected chi connectivity index (χ4v) is 3.31. The number of carbonyl (C=O) groups is 1. The maximum atomic E-state index is 12.6. The van der Waals surface area contributed by atoms with Crippen LogP contribution in [-0.2, 0) is 0 Å². The molecular formula is C15H13ClN2O2S. The molecule has 0 unspecified atom stereocenters. The van der Waals surface area contributed by atoms with Gasteiger partial charge in [0.15, 0.2) is 0 Å². The van der Waals surface area contributed by atoms with E-state index in [2.05, 4.69) is 0 Å². The van der Waals surface area contributed by atoms with Crippen molar-refractivity contribution in [2.45, 2.75) is 11.8 Å². The summed E-state index contributed by atoms with van der Waals surface area (Å²) in [5.74, 6) is 0.153. The molecule has 3 rings (SSSR count). The van der Waals surface area contributed by atoms with Gasteiger partial charge in [0.05, 0.1) is 16.3 Å². The minimum atomic E-state index is -0.136. The van der Waals surface area contributed by atoms with Gasteiger partial charge in [0.2, 0.25) is 0 Å². The third kappa shape index (κ3) is 2.54. The summed E-state index contributed by atoms with van der Waals surface area (Å²) in [5.41, 5.74) is 1.50. The fourth-order valence-electron chi connectivity index (χ4n) is 2.19. The Balaban J connectivity index is 2.04. The first kappa shape index (κ1) is 14.1. The van der Waals surface area contributed by atoms with Crippen LogP contribution in [0.3, 0.4) is 0 Å². The molecule has 0 fully saturated rings. The molecule has 0 saturated heterocycles. The van der Waals surface area contributed by atoms with E-state index in [1.54, 1.807) is 33.5 Å². The molecule has 0 aliphatic carbocycles. The van der Waals surface area contributed by atoms with E-state index in [9.17, 15) is 9.90 Å². The normalized spacial score (nSPS) is 14.3. The quantitative estimate of drug-likeness (QED) is 0.827. The first-order chi connectivity index (χ1) is 10.1. The Labute approximate surface area is 132 Å². The highest BCUT2D eigenvalue weighted by atomic mass is 35.5. The van der Waals surface area contributed by atoms with Crippen molar-refractivity contribution < 1.29 is 9.90 Å². The van der Waals surface area contributed by atoms with Gasteiger partial charge in [-0.25, -0.2) is 9.10 Å². The second-order valence-electron chi connectivity index (χ2n) is 4.54. The first-order valence-electron chi connectivity index (χ1n) is 6.48. The molecule has 1 N–H and O–H groups in total. The van der Waals surface area contributed by atoms with Crippen molar-refractivity contribution in [3.8, 4) is 5.75 Å². The minimum absolute atomic E-state index is 0.136. The molecule has 0 saturated carbocycles. The van der Waals surface area contributed by atoms with Crippen LogP contribution in [0.25, 0.3) is 0 Å². The molecule has 0 radical (unpaired) electrons. The fraction of sp³-hybridized carbons (Fsp3) is 0.133. The summed E-state index contributed by atoms with van der Waals surface area (Å²) in [7, 11) is 0. The van der Waals surface area contributed by atoms with Crippen LogP contribution < -0.4 is 9.21 Å². The van der Waals surface area contributed by atoms with Gasteiger partial charge in [-0.15, -0.1) is 0 Å². The van der Waals surface area contributed by atoms with Crippen LogP contribution in [-0.4, -0.2) is 17.7 Å². The molecule has 6 heteroatoms. The first-order valence-corrected chi connectivity index (χ1v) is 7.63. The van der Waals surface area contributed by atoms with Gasteiger partial charge in [-0.1, -0.05) is 11.6 Å². The highest BCUT2D eigenvalue weighted by Crippen LogP contribution is 2.42. The Kier molecular flexibility index (Phi) is 3.69. The average Bonchev–Trinajstić information content (AvgIpc) is 2.48. The van der Waals surface area contributed by atoms with E-state index in [0.29, 0.717) is 11.6 Å². The number of nitrogens with zero attached hydrogens (tertiary/aromatic N) is 2. The summed E-state index contributed by atoms with van der Waals surface area (Å²) >= 11 is 7.23. The number of fused-ring (bicyclic) bond motifs is 1. The molecule has 2 aromatic carbocycles. The van der Waals surface area contributed by atoms with Crippen LogP contribution in [0.15, 0.2) is 47.4 Å². The van der Waals surface area contributed by atoms with Gasteiger partial charge < -0.3 is 5.11 Å². The predicted octanol–water partition coefficient (Wildman–Crippen LogP) is 4.52.